The van der Waals surface area contributed by atoms with Crippen molar-refractivity contribution in [1.82, 2.24) is 24.2 Å². The lowest BCUT2D eigenvalue weighted by molar-refractivity contribution is 0.0721. The Kier molecular flexibility index (Phi) is 3.82. The van der Waals surface area contributed by atoms with Gasteiger partial charge in [-0.25, -0.2) is 4.98 Å². The molecule has 1 fully saturated rings. The quantitative estimate of drug-likeness (QED) is 0.736. The van der Waals surface area contributed by atoms with Crippen molar-refractivity contribution in [2.45, 2.75) is 38.8 Å². The maximum absolute atomic E-state index is 13.0. The number of hydrogen-bond donors (Lipinski definition) is 0. The number of para-hydroxylation sites is 2. The maximum Gasteiger partial charge on any atom is 0.274 e. The van der Waals surface area contributed by atoms with Crippen LogP contribution < -0.4 is 0 Å². The third-order valence-corrected chi connectivity index (χ3v) is 4.99. The zero-order valence-corrected chi connectivity index (χ0v) is 14.9. The van der Waals surface area contributed by atoms with Crippen LogP contribution in [-0.2, 0) is 7.05 Å². The molecule has 0 radical (unpaired) electrons. The molecule has 0 bridgehead atoms. The summed E-state index contributed by atoms with van der Waals surface area (Å²) < 4.78 is 3.94. The van der Waals surface area contributed by atoms with Gasteiger partial charge in [-0.05, 0) is 44.9 Å². The van der Waals surface area contributed by atoms with E-state index in [0.717, 1.165) is 36.2 Å². The van der Waals surface area contributed by atoms with E-state index in [1.54, 1.807) is 0 Å². The molecule has 6 heteroatoms. The lowest BCUT2D eigenvalue weighted by Crippen LogP contribution is -2.32. The highest BCUT2D eigenvalue weighted by molar-refractivity contribution is 5.92. The van der Waals surface area contributed by atoms with E-state index in [0.29, 0.717) is 5.69 Å². The summed E-state index contributed by atoms with van der Waals surface area (Å²) >= 11 is 0. The molecule has 3 heterocycles. The zero-order chi connectivity index (χ0) is 17.6. The Hall–Kier alpha value is -2.63. The second-order valence-corrected chi connectivity index (χ2v) is 6.95. The molecule has 25 heavy (non-hydrogen) atoms. The lowest BCUT2D eigenvalue weighted by Gasteiger charge is -2.23. The van der Waals surface area contributed by atoms with E-state index in [1.807, 2.05) is 47.1 Å². The largest absolute Gasteiger partial charge is 0.329 e. The molecule has 1 amide bonds. The van der Waals surface area contributed by atoms with E-state index in [1.165, 1.54) is 0 Å². The topological polar surface area (TPSA) is 56.0 Å². The van der Waals surface area contributed by atoms with E-state index in [2.05, 4.69) is 29.6 Å². The molecule has 0 unspecified atom stereocenters. The first-order chi connectivity index (χ1) is 12.1. The highest BCUT2D eigenvalue weighted by Gasteiger charge is 2.34. The summed E-state index contributed by atoms with van der Waals surface area (Å²) in [6.07, 6.45) is 3.80. The van der Waals surface area contributed by atoms with E-state index >= 15 is 0 Å². The molecule has 2 aromatic heterocycles. The molecule has 1 aromatic carbocycles. The maximum atomic E-state index is 13.0. The van der Waals surface area contributed by atoms with Crippen molar-refractivity contribution in [2.75, 3.05) is 6.54 Å². The monoisotopic (exact) mass is 337 g/mol. The van der Waals surface area contributed by atoms with Gasteiger partial charge < -0.3 is 9.47 Å². The summed E-state index contributed by atoms with van der Waals surface area (Å²) in [6, 6.07) is 10.2. The third-order valence-electron chi connectivity index (χ3n) is 4.99. The first-order valence-electron chi connectivity index (χ1n) is 8.83. The second kappa shape index (κ2) is 6.02. The number of hydrogen-bond acceptors (Lipinski definition) is 3. The minimum atomic E-state index is -0.00560. The first-order valence-corrected chi connectivity index (χ1v) is 8.83. The molecular formula is C19H23N5O. The Labute approximate surface area is 147 Å². The highest BCUT2D eigenvalue weighted by Crippen LogP contribution is 2.33. The molecule has 0 N–H and O–H groups in total. The molecule has 1 aliphatic rings. The summed E-state index contributed by atoms with van der Waals surface area (Å²) in [5.74, 6) is 0.948. The average Bonchev–Trinajstić information content (AvgIpc) is 3.33. The number of nitrogens with zero attached hydrogens (tertiary/aromatic N) is 5. The number of carbonyl (C=O) groups excluding carboxylic acids is 1. The second-order valence-electron chi connectivity index (χ2n) is 6.95. The summed E-state index contributed by atoms with van der Waals surface area (Å²) in [5.41, 5.74) is 2.59. The Morgan fingerprint density at radius 2 is 2.04 bits per heavy atom. The van der Waals surface area contributed by atoms with Gasteiger partial charge in [0.1, 0.15) is 11.5 Å². The molecule has 0 saturated carbocycles. The van der Waals surface area contributed by atoms with E-state index < -0.39 is 0 Å². The molecule has 1 atom stereocenters. The van der Waals surface area contributed by atoms with Crippen molar-refractivity contribution >= 4 is 16.9 Å². The standard InChI is InChI=1S/C19H23N5O/c1-13(2)24-12-10-15(21-24)19(25)23-11-6-9-17(23)18-20-14-7-4-5-8-16(14)22(18)3/h4-5,7-8,10,12-13,17H,6,9,11H2,1-3H3/t17-/m0/s1. The summed E-state index contributed by atoms with van der Waals surface area (Å²) in [5, 5.41) is 4.45. The van der Waals surface area contributed by atoms with Crippen LogP contribution in [0.25, 0.3) is 11.0 Å². The van der Waals surface area contributed by atoms with Crippen molar-refractivity contribution in [3.8, 4) is 0 Å². The summed E-state index contributed by atoms with van der Waals surface area (Å²) in [4.78, 5) is 19.7. The number of rotatable bonds is 3. The predicted octanol–water partition coefficient (Wildman–Crippen LogP) is 3.33. The Morgan fingerprint density at radius 3 is 2.76 bits per heavy atom. The van der Waals surface area contributed by atoms with Gasteiger partial charge in [-0.15, -0.1) is 0 Å². The van der Waals surface area contributed by atoms with Gasteiger partial charge in [-0.3, -0.25) is 9.48 Å². The van der Waals surface area contributed by atoms with Crippen LogP contribution in [-0.4, -0.2) is 36.7 Å². The van der Waals surface area contributed by atoms with Crippen LogP contribution in [0.5, 0.6) is 0 Å². The van der Waals surface area contributed by atoms with Crippen LogP contribution in [0.3, 0.4) is 0 Å². The molecule has 0 spiro atoms. The average molecular weight is 337 g/mol. The van der Waals surface area contributed by atoms with Crippen molar-refractivity contribution in [3.05, 3.63) is 48.0 Å². The van der Waals surface area contributed by atoms with E-state index in [4.69, 9.17) is 4.98 Å². The Morgan fingerprint density at radius 1 is 1.24 bits per heavy atom. The summed E-state index contributed by atoms with van der Waals surface area (Å²) in [6.45, 7) is 4.86. The molecule has 4 rings (SSSR count). The van der Waals surface area contributed by atoms with E-state index in [-0.39, 0.29) is 18.0 Å². The predicted molar refractivity (Wildman–Crippen MR) is 96.3 cm³/mol. The van der Waals surface area contributed by atoms with Crippen LogP contribution in [0, 0.1) is 0 Å². The number of fused-ring (bicyclic) bond motifs is 1. The lowest BCUT2D eigenvalue weighted by atomic mass is 10.2. The number of carbonyl (C=O) groups is 1. The van der Waals surface area contributed by atoms with Crippen LogP contribution >= 0.6 is 0 Å². The molecule has 3 aromatic rings. The van der Waals surface area contributed by atoms with Gasteiger partial charge in [0.2, 0.25) is 0 Å². The van der Waals surface area contributed by atoms with Crippen LogP contribution in [0.15, 0.2) is 36.5 Å². The Bertz CT molecular complexity index is 923. The molecular weight excluding hydrogens is 314 g/mol. The van der Waals surface area contributed by atoms with Crippen molar-refractivity contribution in [1.29, 1.82) is 0 Å². The van der Waals surface area contributed by atoms with Crippen LogP contribution in [0.4, 0.5) is 0 Å². The SMILES string of the molecule is CC(C)n1ccc(C(=O)N2CCC[C@H]2c2nc3ccccc3n2C)n1. The van der Waals surface area contributed by atoms with Crippen molar-refractivity contribution < 1.29 is 4.79 Å². The molecule has 0 aliphatic carbocycles. The fourth-order valence-corrected chi connectivity index (χ4v) is 3.63. The van der Waals surface area contributed by atoms with Crippen molar-refractivity contribution in [2.24, 2.45) is 7.05 Å². The molecule has 6 nitrogen and oxygen atoms in total. The van der Waals surface area contributed by atoms with Gasteiger partial charge in [0.05, 0.1) is 17.1 Å². The number of likely N-dealkylation sites (tertiary alicyclic amines) is 1. The number of amides is 1. The molecule has 1 saturated heterocycles. The molecule has 1 aliphatic heterocycles. The highest BCUT2D eigenvalue weighted by atomic mass is 16.2. The number of aryl methyl sites for hydroxylation is 1. The zero-order valence-electron chi connectivity index (χ0n) is 14.9. The number of imidazole rings is 1. The minimum absolute atomic E-state index is 0.00560. The fourth-order valence-electron chi connectivity index (χ4n) is 3.63. The number of aromatic nitrogens is 4. The first kappa shape index (κ1) is 15.9. The van der Waals surface area contributed by atoms with Crippen molar-refractivity contribution in [3.63, 3.8) is 0 Å². The van der Waals surface area contributed by atoms with Gasteiger partial charge in [0.15, 0.2) is 0 Å². The summed E-state index contributed by atoms with van der Waals surface area (Å²) in [7, 11) is 2.03. The Balaban J connectivity index is 1.67. The molecule has 130 valence electrons. The number of benzene rings is 1. The van der Waals surface area contributed by atoms with Crippen LogP contribution in [0.1, 0.15) is 55.1 Å². The minimum Gasteiger partial charge on any atom is -0.329 e. The smallest absolute Gasteiger partial charge is 0.274 e. The van der Waals surface area contributed by atoms with Crippen LogP contribution in [0.2, 0.25) is 0 Å². The normalized spacial score (nSPS) is 17.8. The fraction of sp³-hybridized carbons (Fsp3) is 0.421. The van der Waals surface area contributed by atoms with Gasteiger partial charge >= 0.3 is 0 Å². The van der Waals surface area contributed by atoms with Gasteiger partial charge in [-0.1, -0.05) is 12.1 Å². The van der Waals surface area contributed by atoms with Gasteiger partial charge in [0, 0.05) is 25.8 Å². The third kappa shape index (κ3) is 2.62. The van der Waals surface area contributed by atoms with E-state index in [9.17, 15) is 4.79 Å². The van der Waals surface area contributed by atoms with Gasteiger partial charge in [0.25, 0.3) is 5.91 Å². The van der Waals surface area contributed by atoms with Gasteiger partial charge in [-0.2, -0.15) is 5.10 Å².